The number of nitrogens with zero attached hydrogens (tertiary/aromatic N) is 3. The van der Waals surface area contributed by atoms with Crippen LogP contribution >= 0.6 is 0 Å². The van der Waals surface area contributed by atoms with E-state index < -0.39 is 0 Å². The number of piperazine rings is 1. The number of Topliss-reactive ketones (excluding diaryl/α,β-unsaturated/α-hetero) is 1. The lowest BCUT2D eigenvalue weighted by atomic mass is 9.71. The molecule has 3 aliphatic rings. The van der Waals surface area contributed by atoms with Gasteiger partial charge in [-0.05, 0) is 53.8 Å². The van der Waals surface area contributed by atoms with Crippen LogP contribution in [0.5, 0.6) is 0 Å². The quantitative estimate of drug-likeness (QED) is 0.513. The summed E-state index contributed by atoms with van der Waals surface area (Å²) in [5, 5.41) is 10.5. The van der Waals surface area contributed by atoms with Gasteiger partial charge in [-0.1, -0.05) is 33.3 Å². The van der Waals surface area contributed by atoms with Crippen LogP contribution in [0.1, 0.15) is 84.8 Å². The molecule has 0 radical (unpaired) electrons. The summed E-state index contributed by atoms with van der Waals surface area (Å²) in [6.07, 6.45) is 5.38. The van der Waals surface area contributed by atoms with Crippen molar-refractivity contribution in [3.63, 3.8) is 0 Å². The van der Waals surface area contributed by atoms with Gasteiger partial charge in [0.2, 0.25) is 0 Å². The second-order valence-corrected chi connectivity index (χ2v) is 11.1. The van der Waals surface area contributed by atoms with Crippen molar-refractivity contribution >= 4 is 22.4 Å². The fraction of sp³-hybridized carbons (Fsp3) is 0.467. The Morgan fingerprint density at radius 2 is 1.91 bits per heavy atom. The van der Waals surface area contributed by atoms with Crippen LogP contribution in [0.25, 0.3) is 10.9 Å². The van der Waals surface area contributed by atoms with E-state index in [1.165, 1.54) is 47.0 Å². The summed E-state index contributed by atoms with van der Waals surface area (Å²) in [6.45, 7) is 10.7. The molecule has 2 heterocycles. The molecular weight excluding hydrogens is 432 g/mol. The Hall–Kier alpha value is -3.10. The molecule has 0 amide bonds. The van der Waals surface area contributed by atoms with Crippen LogP contribution in [-0.4, -0.2) is 47.9 Å². The lowest BCUT2D eigenvalue weighted by Gasteiger charge is -2.44. The maximum absolute atomic E-state index is 13.2. The maximum atomic E-state index is 13.2. The number of fused-ring (bicyclic) bond motifs is 4. The van der Waals surface area contributed by atoms with Crippen LogP contribution < -0.4 is 4.90 Å². The molecule has 35 heavy (non-hydrogen) atoms. The molecule has 1 aromatic heterocycles. The average molecular weight is 467 g/mol. The molecule has 2 aliphatic carbocycles. The molecule has 1 saturated heterocycles. The molecule has 1 aliphatic heterocycles. The van der Waals surface area contributed by atoms with E-state index in [2.05, 4.69) is 52.9 Å². The largest absolute Gasteiger partial charge is 0.368 e. The van der Waals surface area contributed by atoms with Gasteiger partial charge in [-0.3, -0.25) is 9.69 Å². The topological polar surface area (TPSA) is 63.1 Å². The summed E-state index contributed by atoms with van der Waals surface area (Å²) in [4.78, 5) is 21.9. The number of rotatable bonds is 4. The van der Waals surface area contributed by atoms with Crippen molar-refractivity contribution in [2.45, 2.75) is 64.3 Å². The molecule has 0 unspecified atom stereocenters. The number of aromatic amines is 1. The molecule has 1 saturated carbocycles. The molecular formula is C30H34N4O. The number of hydrogen-bond donors (Lipinski definition) is 1. The van der Waals surface area contributed by atoms with Crippen molar-refractivity contribution in [1.29, 1.82) is 5.26 Å². The number of nitrogens with one attached hydrogen (secondary N) is 1. The Balaban J connectivity index is 1.42. The van der Waals surface area contributed by atoms with Crippen molar-refractivity contribution in [1.82, 2.24) is 9.88 Å². The Kier molecular flexibility index (Phi) is 5.27. The van der Waals surface area contributed by atoms with Gasteiger partial charge in [0.05, 0.1) is 11.6 Å². The van der Waals surface area contributed by atoms with Gasteiger partial charge in [0.1, 0.15) is 0 Å². The van der Waals surface area contributed by atoms with E-state index in [1.54, 1.807) is 0 Å². The van der Waals surface area contributed by atoms with Gasteiger partial charge < -0.3 is 9.88 Å². The molecule has 180 valence electrons. The summed E-state index contributed by atoms with van der Waals surface area (Å²) in [5.41, 5.74) is 8.55. The summed E-state index contributed by atoms with van der Waals surface area (Å²) < 4.78 is 0. The van der Waals surface area contributed by atoms with Crippen molar-refractivity contribution in [2.24, 2.45) is 0 Å². The Labute approximate surface area is 207 Å². The molecule has 2 fully saturated rings. The molecule has 0 atom stereocenters. The number of H-pyrrole nitrogens is 1. The first-order valence-corrected chi connectivity index (χ1v) is 13.2. The number of nitriles is 1. The summed E-state index contributed by atoms with van der Waals surface area (Å²) in [7, 11) is 0. The fourth-order valence-corrected chi connectivity index (χ4v) is 6.48. The molecule has 5 nitrogen and oxygen atoms in total. The SMILES string of the molecule is CCC(=O)c1cc2c(cc1N1CCN(C3CCC3)CC1)C(C)(C)c1[nH]c3cc(C#N)ccc3c1C2. The number of carbonyl (C=O) groups is 1. The third-order valence-electron chi connectivity index (χ3n) is 8.79. The van der Waals surface area contributed by atoms with Crippen molar-refractivity contribution in [3.8, 4) is 6.07 Å². The lowest BCUT2D eigenvalue weighted by Crippen LogP contribution is -2.52. The van der Waals surface area contributed by atoms with Crippen LogP contribution in [-0.2, 0) is 11.8 Å². The van der Waals surface area contributed by atoms with Gasteiger partial charge in [0, 0.05) is 78.3 Å². The minimum atomic E-state index is -0.217. The first-order chi connectivity index (χ1) is 16.9. The third-order valence-corrected chi connectivity index (χ3v) is 8.79. The Morgan fingerprint density at radius 3 is 2.57 bits per heavy atom. The number of anilines is 1. The number of hydrogen-bond acceptors (Lipinski definition) is 4. The van der Waals surface area contributed by atoms with Crippen molar-refractivity contribution in [2.75, 3.05) is 31.1 Å². The molecule has 3 aromatic rings. The summed E-state index contributed by atoms with van der Waals surface area (Å²) >= 11 is 0. The van der Waals surface area contributed by atoms with Gasteiger partial charge in [-0.2, -0.15) is 5.26 Å². The van der Waals surface area contributed by atoms with E-state index in [1.807, 2.05) is 19.1 Å². The highest BCUT2D eigenvalue weighted by Crippen LogP contribution is 2.46. The summed E-state index contributed by atoms with van der Waals surface area (Å²) in [6, 6.07) is 13.5. The van der Waals surface area contributed by atoms with Gasteiger partial charge in [0.25, 0.3) is 0 Å². The standard InChI is InChI=1S/C30H34N4O/c1-4-28(35)24-16-20-15-23-22-9-8-19(18-31)14-26(22)32-29(23)30(2,3)25(20)17-27(24)34-12-10-33(11-13-34)21-6-5-7-21/h8-9,14,16-17,21,32H,4-7,10-13,15H2,1-3H3. The van der Waals surface area contributed by atoms with E-state index in [0.29, 0.717) is 12.0 Å². The monoisotopic (exact) mass is 466 g/mol. The molecule has 0 spiro atoms. The molecule has 2 aromatic carbocycles. The third kappa shape index (κ3) is 3.50. The van der Waals surface area contributed by atoms with Crippen LogP contribution in [0, 0.1) is 11.3 Å². The van der Waals surface area contributed by atoms with E-state index in [4.69, 9.17) is 0 Å². The minimum absolute atomic E-state index is 0.217. The predicted octanol–water partition coefficient (Wildman–Crippen LogP) is 5.54. The Morgan fingerprint density at radius 1 is 1.14 bits per heavy atom. The maximum Gasteiger partial charge on any atom is 0.164 e. The molecule has 0 bridgehead atoms. The predicted molar refractivity (Wildman–Crippen MR) is 140 cm³/mol. The number of aromatic nitrogens is 1. The van der Waals surface area contributed by atoms with Crippen LogP contribution in [0.3, 0.4) is 0 Å². The van der Waals surface area contributed by atoms with E-state index in [-0.39, 0.29) is 11.2 Å². The fourth-order valence-electron chi connectivity index (χ4n) is 6.48. The van der Waals surface area contributed by atoms with Gasteiger partial charge in [0.15, 0.2) is 5.78 Å². The zero-order valence-corrected chi connectivity index (χ0v) is 21.1. The molecule has 6 rings (SSSR count). The number of benzene rings is 2. The van der Waals surface area contributed by atoms with Crippen LogP contribution in [0.15, 0.2) is 30.3 Å². The zero-order chi connectivity index (χ0) is 24.3. The second kappa shape index (κ2) is 8.24. The smallest absolute Gasteiger partial charge is 0.164 e. The second-order valence-electron chi connectivity index (χ2n) is 11.1. The normalized spacial score (nSPS) is 19.7. The lowest BCUT2D eigenvalue weighted by molar-refractivity contribution is 0.0987. The van der Waals surface area contributed by atoms with E-state index >= 15 is 0 Å². The zero-order valence-electron chi connectivity index (χ0n) is 21.1. The first kappa shape index (κ1) is 22.4. The molecule has 5 heteroatoms. The molecule has 1 N–H and O–H groups in total. The highest BCUT2D eigenvalue weighted by atomic mass is 16.1. The minimum Gasteiger partial charge on any atom is -0.368 e. The van der Waals surface area contributed by atoms with Crippen molar-refractivity contribution < 1.29 is 4.79 Å². The van der Waals surface area contributed by atoms with Gasteiger partial charge >= 0.3 is 0 Å². The van der Waals surface area contributed by atoms with E-state index in [9.17, 15) is 10.1 Å². The van der Waals surface area contributed by atoms with Gasteiger partial charge in [-0.15, -0.1) is 0 Å². The first-order valence-electron chi connectivity index (χ1n) is 13.2. The van der Waals surface area contributed by atoms with Crippen LogP contribution in [0.4, 0.5) is 5.69 Å². The number of ketones is 1. The van der Waals surface area contributed by atoms with Crippen LogP contribution in [0.2, 0.25) is 0 Å². The van der Waals surface area contributed by atoms with Crippen molar-refractivity contribution in [3.05, 3.63) is 63.8 Å². The Bertz CT molecular complexity index is 1360. The summed E-state index contributed by atoms with van der Waals surface area (Å²) in [5.74, 6) is 0.227. The highest BCUT2D eigenvalue weighted by molar-refractivity contribution is 6.02. The highest BCUT2D eigenvalue weighted by Gasteiger charge is 2.37. The van der Waals surface area contributed by atoms with Gasteiger partial charge in [-0.25, -0.2) is 0 Å². The average Bonchev–Trinajstić information content (AvgIpc) is 3.21. The van der Waals surface area contributed by atoms with E-state index in [0.717, 1.165) is 55.4 Å². The number of carbonyl (C=O) groups excluding carboxylic acids is 1.